The SMILES string of the molecule is c1ccc2c(c1)oc1c2ccc2c1c1ccccc1n2-c1ccc2oc3ccc(-n4c5ccccc5c5c6oc7ccccc7c6ccc54)cc3c2c1. The first-order chi connectivity index (χ1) is 26.3. The normalized spacial score (nSPS) is 12.5. The zero-order chi connectivity index (χ0) is 34.4. The quantitative estimate of drug-likeness (QED) is 0.183. The van der Waals surface area contributed by atoms with Gasteiger partial charge in [-0.15, -0.1) is 0 Å². The van der Waals surface area contributed by atoms with Crippen LogP contribution in [0.15, 0.2) is 171 Å². The van der Waals surface area contributed by atoms with Gasteiger partial charge in [0, 0.05) is 54.5 Å². The number of benzene rings is 8. The molecule has 0 aliphatic rings. The second-order valence-corrected chi connectivity index (χ2v) is 14.0. The van der Waals surface area contributed by atoms with Crippen LogP contribution in [0.25, 0.3) is 121 Å². The number of nitrogens with zero attached hydrogens (tertiary/aromatic N) is 2. The molecule has 246 valence electrons. The summed E-state index contributed by atoms with van der Waals surface area (Å²) in [5, 5.41) is 11.2. The van der Waals surface area contributed by atoms with E-state index in [-0.39, 0.29) is 0 Å². The van der Waals surface area contributed by atoms with E-state index >= 15 is 0 Å². The molecule has 0 aliphatic heterocycles. The van der Waals surface area contributed by atoms with Gasteiger partial charge in [-0.2, -0.15) is 0 Å². The topological polar surface area (TPSA) is 49.3 Å². The summed E-state index contributed by atoms with van der Waals surface area (Å²) >= 11 is 0. The van der Waals surface area contributed by atoms with E-state index in [0.29, 0.717) is 0 Å². The van der Waals surface area contributed by atoms with Gasteiger partial charge < -0.3 is 22.4 Å². The van der Waals surface area contributed by atoms with Crippen molar-refractivity contribution in [2.24, 2.45) is 0 Å². The van der Waals surface area contributed by atoms with Gasteiger partial charge in [0.05, 0.1) is 32.8 Å². The molecule has 0 bridgehead atoms. The fraction of sp³-hybridized carbons (Fsp3) is 0. The Hall–Kier alpha value is -7.24. The number of hydrogen-bond donors (Lipinski definition) is 0. The first-order valence-electron chi connectivity index (χ1n) is 17.9. The molecule has 0 amide bonds. The zero-order valence-corrected chi connectivity index (χ0v) is 28.1. The minimum atomic E-state index is 0.854. The molecule has 13 aromatic rings. The second-order valence-electron chi connectivity index (χ2n) is 14.0. The molecule has 0 saturated carbocycles. The smallest absolute Gasteiger partial charge is 0.145 e. The van der Waals surface area contributed by atoms with Crippen LogP contribution in [0.3, 0.4) is 0 Å². The van der Waals surface area contributed by atoms with Crippen molar-refractivity contribution in [3.8, 4) is 11.4 Å². The third-order valence-electron chi connectivity index (χ3n) is 11.3. The van der Waals surface area contributed by atoms with Crippen LogP contribution in [0.5, 0.6) is 0 Å². The standard InChI is InChI=1S/C48H26N2O3/c1-5-13-37-33(11-1)45-39(21-19-31-29-9-3-7-15-41(29)52-47(31)45)49(37)27-17-23-43-35(25-27)36-26-28(18-24-44(36)51-43)50-38-14-6-2-12-34(38)46-40(50)22-20-32-30-10-4-8-16-42(30)53-48(32)46/h1-26H. The van der Waals surface area contributed by atoms with Gasteiger partial charge >= 0.3 is 0 Å². The van der Waals surface area contributed by atoms with E-state index in [1.54, 1.807) is 0 Å². The fourth-order valence-corrected chi connectivity index (χ4v) is 9.06. The maximum Gasteiger partial charge on any atom is 0.145 e. The van der Waals surface area contributed by atoms with Gasteiger partial charge in [-0.25, -0.2) is 0 Å². The fourth-order valence-electron chi connectivity index (χ4n) is 9.06. The molecule has 0 fully saturated rings. The number of fused-ring (bicyclic) bond motifs is 17. The molecule has 0 saturated heterocycles. The molecule has 53 heavy (non-hydrogen) atoms. The molecule has 8 aromatic carbocycles. The van der Waals surface area contributed by atoms with Crippen LogP contribution in [0, 0.1) is 0 Å². The lowest BCUT2D eigenvalue weighted by Crippen LogP contribution is -1.94. The van der Waals surface area contributed by atoms with Gasteiger partial charge in [0.1, 0.15) is 33.5 Å². The van der Waals surface area contributed by atoms with Gasteiger partial charge in [0.15, 0.2) is 0 Å². The zero-order valence-electron chi connectivity index (χ0n) is 28.1. The Morgan fingerprint density at radius 1 is 0.283 bits per heavy atom. The summed E-state index contributed by atoms with van der Waals surface area (Å²) in [5.74, 6) is 0. The Bertz CT molecular complexity index is 3450. The van der Waals surface area contributed by atoms with Gasteiger partial charge in [0.25, 0.3) is 0 Å². The predicted octanol–water partition coefficient (Wildman–Crippen LogP) is 13.6. The first kappa shape index (κ1) is 27.5. The van der Waals surface area contributed by atoms with Crippen molar-refractivity contribution in [2.75, 3.05) is 0 Å². The largest absolute Gasteiger partial charge is 0.456 e. The van der Waals surface area contributed by atoms with E-state index in [0.717, 1.165) is 121 Å². The van der Waals surface area contributed by atoms with Crippen LogP contribution >= 0.6 is 0 Å². The van der Waals surface area contributed by atoms with Crippen molar-refractivity contribution in [3.05, 3.63) is 158 Å². The highest BCUT2D eigenvalue weighted by Gasteiger charge is 2.21. The molecular formula is C48H26N2O3. The molecule has 0 N–H and O–H groups in total. The molecule has 5 heterocycles. The highest BCUT2D eigenvalue weighted by molar-refractivity contribution is 6.25. The Kier molecular flexibility index (Phi) is 5.06. The Morgan fingerprint density at radius 3 is 1.19 bits per heavy atom. The van der Waals surface area contributed by atoms with Crippen LogP contribution in [0.2, 0.25) is 0 Å². The summed E-state index contributed by atoms with van der Waals surface area (Å²) in [6, 6.07) is 55.7. The number of furan rings is 3. The van der Waals surface area contributed by atoms with Crippen molar-refractivity contribution in [3.63, 3.8) is 0 Å². The molecular weight excluding hydrogens is 653 g/mol. The lowest BCUT2D eigenvalue weighted by Gasteiger charge is -2.09. The second kappa shape index (κ2) is 9.75. The van der Waals surface area contributed by atoms with Crippen molar-refractivity contribution in [2.45, 2.75) is 0 Å². The third-order valence-corrected chi connectivity index (χ3v) is 11.3. The highest BCUT2D eigenvalue weighted by Crippen LogP contribution is 2.43. The van der Waals surface area contributed by atoms with Crippen LogP contribution in [0.4, 0.5) is 0 Å². The molecule has 0 radical (unpaired) electrons. The van der Waals surface area contributed by atoms with Crippen LogP contribution in [0.1, 0.15) is 0 Å². The van der Waals surface area contributed by atoms with Crippen LogP contribution in [-0.2, 0) is 0 Å². The van der Waals surface area contributed by atoms with Gasteiger partial charge in [-0.3, -0.25) is 0 Å². The van der Waals surface area contributed by atoms with Gasteiger partial charge in [-0.1, -0.05) is 72.8 Å². The number of hydrogen-bond acceptors (Lipinski definition) is 3. The summed E-state index contributed by atoms with van der Waals surface area (Å²) in [7, 11) is 0. The average Bonchev–Trinajstić information content (AvgIpc) is 4.01. The molecule has 0 unspecified atom stereocenters. The van der Waals surface area contributed by atoms with E-state index in [1.165, 1.54) is 0 Å². The van der Waals surface area contributed by atoms with Gasteiger partial charge in [0.2, 0.25) is 0 Å². The number of rotatable bonds is 2. The molecule has 5 heteroatoms. The van der Waals surface area contributed by atoms with Crippen molar-refractivity contribution < 1.29 is 13.3 Å². The lowest BCUT2D eigenvalue weighted by molar-refractivity contribution is 0.668. The van der Waals surface area contributed by atoms with Crippen molar-refractivity contribution in [1.29, 1.82) is 0 Å². The summed E-state index contributed by atoms with van der Waals surface area (Å²) < 4.78 is 24.3. The summed E-state index contributed by atoms with van der Waals surface area (Å²) in [6.07, 6.45) is 0. The summed E-state index contributed by atoms with van der Waals surface area (Å²) in [6.45, 7) is 0. The summed E-state index contributed by atoms with van der Waals surface area (Å²) in [4.78, 5) is 0. The van der Waals surface area contributed by atoms with E-state index in [4.69, 9.17) is 13.3 Å². The average molecular weight is 679 g/mol. The van der Waals surface area contributed by atoms with E-state index in [1.807, 2.05) is 24.3 Å². The molecule has 0 aliphatic carbocycles. The third kappa shape index (κ3) is 3.51. The minimum absolute atomic E-state index is 0.854. The maximum atomic E-state index is 6.55. The molecule has 13 rings (SSSR count). The Labute approximate surface area is 300 Å². The van der Waals surface area contributed by atoms with E-state index in [9.17, 15) is 0 Å². The molecule has 5 aromatic heterocycles. The van der Waals surface area contributed by atoms with Crippen molar-refractivity contribution >= 4 is 109 Å². The van der Waals surface area contributed by atoms with E-state index < -0.39 is 0 Å². The van der Waals surface area contributed by atoms with Crippen LogP contribution < -0.4 is 0 Å². The monoisotopic (exact) mass is 678 g/mol. The first-order valence-corrected chi connectivity index (χ1v) is 17.9. The highest BCUT2D eigenvalue weighted by atomic mass is 16.3. The Morgan fingerprint density at radius 2 is 0.698 bits per heavy atom. The predicted molar refractivity (Wildman–Crippen MR) is 217 cm³/mol. The van der Waals surface area contributed by atoms with Gasteiger partial charge in [-0.05, 0) is 84.9 Å². The van der Waals surface area contributed by atoms with Crippen molar-refractivity contribution in [1.82, 2.24) is 9.13 Å². The summed E-state index contributed by atoms with van der Waals surface area (Å²) in [5.41, 5.74) is 12.0. The molecule has 0 atom stereocenters. The molecule has 5 nitrogen and oxygen atoms in total. The Balaban J connectivity index is 1.06. The van der Waals surface area contributed by atoms with E-state index in [2.05, 4.69) is 143 Å². The number of para-hydroxylation sites is 4. The lowest BCUT2D eigenvalue weighted by atomic mass is 10.1. The number of aromatic nitrogens is 2. The molecule has 0 spiro atoms. The minimum Gasteiger partial charge on any atom is -0.456 e. The van der Waals surface area contributed by atoms with Crippen LogP contribution in [-0.4, -0.2) is 9.13 Å². The maximum absolute atomic E-state index is 6.55.